The Labute approximate surface area is 130 Å². The minimum Gasteiger partial charge on any atom is -0.465 e. The van der Waals surface area contributed by atoms with Gasteiger partial charge in [-0.05, 0) is 18.6 Å². The fraction of sp³-hybridized carbons (Fsp3) is 0.286. The Morgan fingerprint density at radius 1 is 1.43 bits per heavy atom. The van der Waals surface area contributed by atoms with Crippen LogP contribution in [-0.2, 0) is 0 Å². The van der Waals surface area contributed by atoms with Crippen LogP contribution >= 0.6 is 0 Å². The highest BCUT2D eigenvalue weighted by atomic mass is 16.4. The summed E-state index contributed by atoms with van der Waals surface area (Å²) in [6, 6.07) is 3.75. The van der Waals surface area contributed by atoms with E-state index >= 15 is 0 Å². The maximum Gasteiger partial charge on any atom is 0.407 e. The number of likely N-dealkylation sites (tertiary alicyclic amines) is 1. The van der Waals surface area contributed by atoms with Crippen LogP contribution in [0.4, 0.5) is 10.7 Å². The van der Waals surface area contributed by atoms with Crippen LogP contribution in [0.5, 0.6) is 0 Å². The summed E-state index contributed by atoms with van der Waals surface area (Å²) in [5, 5.41) is 16.5. The highest BCUT2D eigenvalue weighted by molar-refractivity contribution is 5.65. The number of amides is 1. The maximum atomic E-state index is 10.9. The number of pyridine rings is 1. The molecular formula is C14H14N6O3. The molecule has 23 heavy (non-hydrogen) atoms. The minimum absolute atomic E-state index is 0.0252. The fourth-order valence-electron chi connectivity index (χ4n) is 2.68. The number of carbonyl (C=O) groups is 1. The van der Waals surface area contributed by atoms with E-state index in [0.717, 1.165) is 12.0 Å². The lowest BCUT2D eigenvalue weighted by atomic mass is 10.2. The molecule has 9 heteroatoms. The Kier molecular flexibility index (Phi) is 3.11. The molecule has 118 valence electrons. The number of rotatable bonds is 3. The van der Waals surface area contributed by atoms with Crippen LogP contribution in [0.15, 0.2) is 35.3 Å². The summed E-state index contributed by atoms with van der Waals surface area (Å²) >= 11 is 0. The molecule has 0 radical (unpaired) electrons. The third-order valence-electron chi connectivity index (χ3n) is 3.84. The predicted octanol–water partition coefficient (Wildman–Crippen LogP) is 1.55. The van der Waals surface area contributed by atoms with E-state index in [1.165, 1.54) is 11.3 Å². The molecule has 0 unspecified atom stereocenters. The van der Waals surface area contributed by atoms with Gasteiger partial charge in [-0.1, -0.05) is 0 Å². The van der Waals surface area contributed by atoms with Crippen LogP contribution < -0.4 is 5.32 Å². The molecule has 2 N–H and O–H groups in total. The zero-order valence-electron chi connectivity index (χ0n) is 12.1. The van der Waals surface area contributed by atoms with Crippen LogP contribution in [0.2, 0.25) is 0 Å². The van der Waals surface area contributed by atoms with Gasteiger partial charge >= 0.3 is 6.09 Å². The zero-order chi connectivity index (χ0) is 15.8. The predicted molar refractivity (Wildman–Crippen MR) is 80.1 cm³/mol. The van der Waals surface area contributed by atoms with Crippen molar-refractivity contribution in [2.45, 2.75) is 12.5 Å². The molecule has 0 aliphatic carbocycles. The molecule has 1 amide bonds. The SMILES string of the molecule is O=C(O)N1CC[C@@H](Nc2nc3ccc(-c4cnco4)cn3n2)C1. The molecule has 4 rings (SSSR count). The first-order valence-electron chi connectivity index (χ1n) is 7.19. The lowest BCUT2D eigenvalue weighted by Gasteiger charge is -2.12. The standard InChI is InChI=1S/C14H14N6O3/c21-14(22)19-4-3-10(7-19)16-13-17-12-2-1-9(6-20(12)18-13)11-5-15-8-23-11/h1-2,5-6,8,10H,3-4,7H2,(H,16,18)(H,21,22)/t10-/m1/s1. The number of aromatic nitrogens is 4. The third kappa shape index (κ3) is 2.56. The van der Waals surface area contributed by atoms with Crippen molar-refractivity contribution in [1.29, 1.82) is 0 Å². The average molecular weight is 314 g/mol. The van der Waals surface area contributed by atoms with Crippen molar-refractivity contribution in [2.24, 2.45) is 0 Å². The summed E-state index contributed by atoms with van der Waals surface area (Å²) in [4.78, 5) is 20.6. The molecule has 1 saturated heterocycles. The first kappa shape index (κ1) is 13.6. The number of hydrogen-bond acceptors (Lipinski definition) is 6. The van der Waals surface area contributed by atoms with Crippen molar-refractivity contribution in [3.8, 4) is 11.3 Å². The van der Waals surface area contributed by atoms with Crippen molar-refractivity contribution in [3.63, 3.8) is 0 Å². The maximum absolute atomic E-state index is 10.9. The number of anilines is 1. The van der Waals surface area contributed by atoms with E-state index in [-0.39, 0.29) is 6.04 Å². The largest absolute Gasteiger partial charge is 0.465 e. The van der Waals surface area contributed by atoms with Gasteiger partial charge in [0.15, 0.2) is 17.8 Å². The molecule has 3 aromatic rings. The van der Waals surface area contributed by atoms with Crippen molar-refractivity contribution >= 4 is 17.7 Å². The highest BCUT2D eigenvalue weighted by Crippen LogP contribution is 2.20. The molecule has 0 spiro atoms. The number of nitrogens with one attached hydrogen (secondary N) is 1. The van der Waals surface area contributed by atoms with Gasteiger partial charge in [0.05, 0.1) is 6.20 Å². The summed E-state index contributed by atoms with van der Waals surface area (Å²) in [5.74, 6) is 1.14. The average Bonchev–Trinajstić information content (AvgIpc) is 3.26. The van der Waals surface area contributed by atoms with Gasteiger partial charge in [0.1, 0.15) is 0 Å². The van der Waals surface area contributed by atoms with Gasteiger partial charge in [-0.2, -0.15) is 4.98 Å². The number of carboxylic acid groups (broad SMARTS) is 1. The Balaban J connectivity index is 1.54. The van der Waals surface area contributed by atoms with Crippen molar-refractivity contribution in [1.82, 2.24) is 24.5 Å². The van der Waals surface area contributed by atoms with Crippen LogP contribution in [0, 0.1) is 0 Å². The van der Waals surface area contributed by atoms with Crippen molar-refractivity contribution < 1.29 is 14.3 Å². The number of hydrogen-bond donors (Lipinski definition) is 2. The summed E-state index contributed by atoms with van der Waals surface area (Å²) in [6.45, 7) is 0.963. The Morgan fingerprint density at radius 3 is 3.09 bits per heavy atom. The van der Waals surface area contributed by atoms with E-state index < -0.39 is 6.09 Å². The number of fused-ring (bicyclic) bond motifs is 1. The molecule has 4 heterocycles. The molecule has 3 aromatic heterocycles. The Hall–Kier alpha value is -3.10. The smallest absolute Gasteiger partial charge is 0.407 e. The van der Waals surface area contributed by atoms with E-state index in [2.05, 4.69) is 20.4 Å². The van der Waals surface area contributed by atoms with E-state index in [4.69, 9.17) is 9.52 Å². The van der Waals surface area contributed by atoms with Gasteiger partial charge in [-0.25, -0.2) is 14.3 Å². The summed E-state index contributed by atoms with van der Waals surface area (Å²) in [6.07, 6.45) is 4.67. The molecule has 0 aromatic carbocycles. The van der Waals surface area contributed by atoms with Gasteiger partial charge in [-0.3, -0.25) is 0 Å². The number of oxazole rings is 1. The Bertz CT molecular complexity index is 843. The molecule has 1 atom stereocenters. The third-order valence-corrected chi connectivity index (χ3v) is 3.84. The second kappa shape index (κ2) is 5.27. The Morgan fingerprint density at radius 2 is 2.35 bits per heavy atom. The van der Waals surface area contributed by atoms with Gasteiger partial charge in [-0.15, -0.1) is 5.10 Å². The molecular weight excluding hydrogens is 300 g/mol. The van der Waals surface area contributed by atoms with Crippen LogP contribution in [0.25, 0.3) is 17.0 Å². The molecule has 1 aliphatic rings. The lowest BCUT2D eigenvalue weighted by molar-refractivity contribution is 0.155. The lowest BCUT2D eigenvalue weighted by Crippen LogP contribution is -2.30. The normalized spacial score (nSPS) is 17.7. The topological polar surface area (TPSA) is 109 Å². The van der Waals surface area contributed by atoms with Gasteiger partial charge in [0.25, 0.3) is 0 Å². The van der Waals surface area contributed by atoms with Gasteiger partial charge in [0.2, 0.25) is 5.95 Å². The fourth-order valence-corrected chi connectivity index (χ4v) is 2.68. The van der Waals surface area contributed by atoms with E-state index in [9.17, 15) is 4.79 Å². The molecule has 1 fully saturated rings. The zero-order valence-corrected chi connectivity index (χ0v) is 12.1. The highest BCUT2D eigenvalue weighted by Gasteiger charge is 2.26. The van der Waals surface area contributed by atoms with Crippen molar-refractivity contribution in [2.75, 3.05) is 18.4 Å². The first-order valence-corrected chi connectivity index (χ1v) is 7.19. The monoisotopic (exact) mass is 314 g/mol. The quantitative estimate of drug-likeness (QED) is 0.754. The van der Waals surface area contributed by atoms with Gasteiger partial charge < -0.3 is 19.7 Å². The summed E-state index contributed by atoms with van der Waals surface area (Å²) in [5.41, 5.74) is 1.55. The van der Waals surface area contributed by atoms with E-state index in [1.807, 2.05) is 18.3 Å². The van der Waals surface area contributed by atoms with Gasteiger partial charge in [0, 0.05) is 30.9 Å². The summed E-state index contributed by atoms with van der Waals surface area (Å²) < 4.78 is 6.92. The number of nitrogens with zero attached hydrogens (tertiary/aromatic N) is 5. The first-order chi connectivity index (χ1) is 11.2. The summed E-state index contributed by atoms with van der Waals surface area (Å²) in [7, 11) is 0. The second-order valence-electron chi connectivity index (χ2n) is 5.38. The molecule has 1 aliphatic heterocycles. The van der Waals surface area contributed by atoms with Crippen LogP contribution in [0.1, 0.15) is 6.42 Å². The molecule has 0 bridgehead atoms. The van der Waals surface area contributed by atoms with Crippen LogP contribution in [0.3, 0.4) is 0 Å². The van der Waals surface area contributed by atoms with E-state index in [0.29, 0.717) is 30.4 Å². The van der Waals surface area contributed by atoms with E-state index in [1.54, 1.807) is 10.7 Å². The minimum atomic E-state index is -0.894. The second-order valence-corrected chi connectivity index (χ2v) is 5.38. The molecule has 0 saturated carbocycles. The van der Waals surface area contributed by atoms with Crippen LogP contribution in [-0.4, -0.2) is 54.8 Å². The molecule has 9 nitrogen and oxygen atoms in total. The van der Waals surface area contributed by atoms with Crippen molar-refractivity contribution in [3.05, 3.63) is 30.9 Å².